The van der Waals surface area contributed by atoms with Crippen molar-refractivity contribution >= 4 is 28.6 Å². The van der Waals surface area contributed by atoms with Gasteiger partial charge in [0.25, 0.3) is 5.56 Å². The predicted octanol–water partition coefficient (Wildman–Crippen LogP) is 3.80. The summed E-state index contributed by atoms with van der Waals surface area (Å²) in [6.07, 6.45) is 0. The van der Waals surface area contributed by atoms with E-state index >= 15 is 0 Å². The number of thioether (sulfide) groups is 1. The summed E-state index contributed by atoms with van der Waals surface area (Å²) < 4.78 is 6.84. The molecular weight excluding hydrogens is 410 g/mol. The molecule has 0 saturated heterocycles. The molecule has 7 heteroatoms. The van der Waals surface area contributed by atoms with Crippen molar-refractivity contribution in [3.63, 3.8) is 0 Å². The minimum absolute atomic E-state index is 0.131. The van der Waals surface area contributed by atoms with E-state index in [0.717, 1.165) is 5.56 Å². The van der Waals surface area contributed by atoms with Crippen LogP contribution in [0, 0.1) is 0 Å². The summed E-state index contributed by atoms with van der Waals surface area (Å²) in [6, 6.07) is 24.1. The van der Waals surface area contributed by atoms with Crippen LogP contribution >= 0.6 is 11.8 Å². The summed E-state index contributed by atoms with van der Waals surface area (Å²) in [5.41, 5.74) is 2.07. The monoisotopic (exact) mass is 431 g/mol. The minimum Gasteiger partial charge on any atom is -0.497 e. The number of carbonyl (C=O) groups is 1. The molecule has 1 amide bonds. The van der Waals surface area contributed by atoms with Crippen molar-refractivity contribution < 1.29 is 9.53 Å². The van der Waals surface area contributed by atoms with Gasteiger partial charge in [-0.2, -0.15) is 0 Å². The molecule has 4 aromatic rings. The van der Waals surface area contributed by atoms with Gasteiger partial charge in [-0.15, -0.1) is 0 Å². The van der Waals surface area contributed by atoms with E-state index < -0.39 is 0 Å². The van der Waals surface area contributed by atoms with Crippen LogP contribution in [-0.4, -0.2) is 28.3 Å². The summed E-state index contributed by atoms with van der Waals surface area (Å²) in [7, 11) is 1.58. The number of methoxy groups -OCH3 is 1. The number of nitrogens with zero attached hydrogens (tertiary/aromatic N) is 2. The molecular formula is C24H21N3O3S. The second-order valence-corrected chi connectivity index (χ2v) is 7.75. The lowest BCUT2D eigenvalue weighted by Gasteiger charge is -2.14. The van der Waals surface area contributed by atoms with Gasteiger partial charge in [-0.05, 0) is 29.8 Å². The number of para-hydroxylation sites is 1. The van der Waals surface area contributed by atoms with E-state index in [2.05, 4.69) is 10.3 Å². The number of nitrogens with one attached hydrogen (secondary N) is 1. The quantitative estimate of drug-likeness (QED) is 0.356. The molecule has 4 rings (SSSR count). The molecule has 0 bridgehead atoms. The van der Waals surface area contributed by atoms with Crippen LogP contribution in [0.3, 0.4) is 0 Å². The van der Waals surface area contributed by atoms with E-state index in [1.165, 1.54) is 16.3 Å². The molecule has 156 valence electrons. The van der Waals surface area contributed by atoms with Gasteiger partial charge in [0.05, 0.1) is 29.5 Å². The minimum atomic E-state index is -0.189. The van der Waals surface area contributed by atoms with Crippen LogP contribution in [0.2, 0.25) is 0 Å². The van der Waals surface area contributed by atoms with Gasteiger partial charge in [-0.3, -0.25) is 14.2 Å². The molecule has 0 spiro atoms. The highest BCUT2D eigenvalue weighted by molar-refractivity contribution is 7.99. The fourth-order valence-corrected chi connectivity index (χ4v) is 4.01. The SMILES string of the molecule is COc1cccc(-n2c(SCC(=O)NCc3ccccc3)nc3ccccc3c2=O)c1. The lowest BCUT2D eigenvalue weighted by Crippen LogP contribution is -2.26. The molecule has 0 unspecified atom stereocenters. The second kappa shape index (κ2) is 9.49. The summed E-state index contributed by atoms with van der Waals surface area (Å²) >= 11 is 1.23. The van der Waals surface area contributed by atoms with Crippen molar-refractivity contribution in [3.8, 4) is 11.4 Å². The molecule has 0 aliphatic rings. The molecule has 0 aliphatic heterocycles. The number of carbonyl (C=O) groups excluding carboxylic acids is 1. The van der Waals surface area contributed by atoms with Crippen molar-refractivity contribution in [1.29, 1.82) is 0 Å². The molecule has 1 aromatic heterocycles. The average molecular weight is 432 g/mol. The van der Waals surface area contributed by atoms with Gasteiger partial charge in [0.15, 0.2) is 5.16 Å². The maximum absolute atomic E-state index is 13.3. The van der Waals surface area contributed by atoms with Gasteiger partial charge >= 0.3 is 0 Å². The molecule has 0 aliphatic carbocycles. The smallest absolute Gasteiger partial charge is 0.266 e. The Kier molecular flexibility index (Phi) is 6.33. The number of hydrogen-bond acceptors (Lipinski definition) is 5. The first-order valence-electron chi connectivity index (χ1n) is 9.75. The standard InChI is InChI=1S/C24H21N3O3S/c1-30-19-11-7-10-18(14-19)27-23(29)20-12-5-6-13-21(20)26-24(27)31-16-22(28)25-15-17-8-3-2-4-9-17/h2-14H,15-16H2,1H3,(H,25,28). The highest BCUT2D eigenvalue weighted by atomic mass is 32.2. The third-order valence-electron chi connectivity index (χ3n) is 4.72. The maximum atomic E-state index is 13.3. The van der Waals surface area contributed by atoms with Crippen molar-refractivity contribution in [1.82, 2.24) is 14.9 Å². The molecule has 0 radical (unpaired) electrons. The molecule has 0 saturated carbocycles. The van der Waals surface area contributed by atoms with Crippen LogP contribution in [0.25, 0.3) is 16.6 Å². The summed E-state index contributed by atoms with van der Waals surface area (Å²) in [4.78, 5) is 30.4. The van der Waals surface area contributed by atoms with E-state index in [9.17, 15) is 9.59 Å². The average Bonchev–Trinajstić information content (AvgIpc) is 2.82. The van der Waals surface area contributed by atoms with Gasteiger partial charge in [0.1, 0.15) is 5.75 Å². The zero-order chi connectivity index (χ0) is 21.6. The van der Waals surface area contributed by atoms with Gasteiger partial charge < -0.3 is 10.1 Å². The molecule has 0 fully saturated rings. The van der Waals surface area contributed by atoms with E-state index in [-0.39, 0.29) is 17.2 Å². The van der Waals surface area contributed by atoms with E-state index in [1.807, 2.05) is 60.7 Å². The molecule has 1 heterocycles. The largest absolute Gasteiger partial charge is 0.497 e. The van der Waals surface area contributed by atoms with Crippen LogP contribution < -0.4 is 15.6 Å². The van der Waals surface area contributed by atoms with Crippen LogP contribution in [-0.2, 0) is 11.3 Å². The fraction of sp³-hybridized carbons (Fsp3) is 0.125. The Morgan fingerprint density at radius 2 is 1.81 bits per heavy atom. The predicted molar refractivity (Wildman–Crippen MR) is 123 cm³/mol. The molecule has 31 heavy (non-hydrogen) atoms. The molecule has 0 atom stereocenters. The van der Waals surface area contributed by atoms with Crippen molar-refractivity contribution in [2.75, 3.05) is 12.9 Å². The second-order valence-electron chi connectivity index (χ2n) is 6.80. The van der Waals surface area contributed by atoms with Gasteiger partial charge in [0.2, 0.25) is 5.91 Å². The zero-order valence-electron chi connectivity index (χ0n) is 16.9. The summed E-state index contributed by atoms with van der Waals surface area (Å²) in [5.74, 6) is 0.643. The summed E-state index contributed by atoms with van der Waals surface area (Å²) in [5, 5.41) is 3.87. The highest BCUT2D eigenvalue weighted by Gasteiger charge is 2.15. The topological polar surface area (TPSA) is 73.2 Å². The number of fused-ring (bicyclic) bond motifs is 1. The molecule has 3 aromatic carbocycles. The van der Waals surface area contributed by atoms with Crippen molar-refractivity contribution in [2.24, 2.45) is 0 Å². The first-order chi connectivity index (χ1) is 15.2. The molecule has 6 nitrogen and oxygen atoms in total. The van der Waals surface area contributed by atoms with Gasteiger partial charge in [-0.25, -0.2) is 4.98 Å². The Bertz CT molecular complexity index is 1270. The maximum Gasteiger partial charge on any atom is 0.266 e. The first-order valence-corrected chi connectivity index (χ1v) is 10.7. The number of ether oxygens (including phenoxy) is 1. The zero-order valence-corrected chi connectivity index (χ0v) is 17.8. The highest BCUT2D eigenvalue weighted by Crippen LogP contribution is 2.23. The summed E-state index contributed by atoms with van der Waals surface area (Å²) in [6.45, 7) is 0.452. The van der Waals surface area contributed by atoms with E-state index in [4.69, 9.17) is 4.74 Å². The number of aromatic nitrogens is 2. The third kappa shape index (κ3) is 4.78. The third-order valence-corrected chi connectivity index (χ3v) is 5.66. The Labute approximate surface area is 183 Å². The molecule has 1 N–H and O–H groups in total. The number of benzene rings is 3. The Balaban J connectivity index is 1.63. The van der Waals surface area contributed by atoms with Crippen molar-refractivity contribution in [2.45, 2.75) is 11.7 Å². The van der Waals surface area contributed by atoms with Gasteiger partial charge in [0, 0.05) is 12.6 Å². The van der Waals surface area contributed by atoms with Crippen LogP contribution in [0.5, 0.6) is 5.75 Å². The Morgan fingerprint density at radius 1 is 1.03 bits per heavy atom. The van der Waals surface area contributed by atoms with Gasteiger partial charge in [-0.1, -0.05) is 60.3 Å². The fourth-order valence-electron chi connectivity index (χ4n) is 3.16. The van der Waals surface area contributed by atoms with Crippen LogP contribution in [0.4, 0.5) is 0 Å². The normalized spacial score (nSPS) is 10.7. The lowest BCUT2D eigenvalue weighted by molar-refractivity contribution is -0.118. The first kappa shape index (κ1) is 20.7. The number of amides is 1. The van der Waals surface area contributed by atoms with E-state index in [0.29, 0.717) is 34.0 Å². The Hall–Kier alpha value is -3.58. The van der Waals surface area contributed by atoms with E-state index in [1.54, 1.807) is 25.3 Å². The number of hydrogen-bond donors (Lipinski definition) is 1. The van der Waals surface area contributed by atoms with Crippen molar-refractivity contribution in [3.05, 3.63) is 94.8 Å². The lowest BCUT2D eigenvalue weighted by atomic mass is 10.2. The Morgan fingerprint density at radius 3 is 2.61 bits per heavy atom. The van der Waals surface area contributed by atoms with Crippen LogP contribution in [0.15, 0.2) is 88.8 Å². The van der Waals surface area contributed by atoms with Crippen LogP contribution in [0.1, 0.15) is 5.56 Å². The number of rotatable bonds is 7.